The number of hydrogen-bond acceptors (Lipinski definition) is 4. The lowest BCUT2D eigenvalue weighted by Gasteiger charge is -2.15. The number of hydrogen-bond donors (Lipinski definition) is 1. The van der Waals surface area contributed by atoms with Crippen LogP contribution in [0.5, 0.6) is 0 Å². The summed E-state index contributed by atoms with van der Waals surface area (Å²) in [6.07, 6.45) is 0. The van der Waals surface area contributed by atoms with Gasteiger partial charge in [-0.15, -0.1) is 0 Å². The van der Waals surface area contributed by atoms with Crippen LogP contribution in [0.3, 0.4) is 0 Å². The zero-order valence-corrected chi connectivity index (χ0v) is 10.2. The van der Waals surface area contributed by atoms with Crippen LogP contribution in [0.2, 0.25) is 0 Å². The molecule has 1 saturated heterocycles. The Bertz CT molecular complexity index is 353. The number of methoxy groups -OCH3 is 1. The maximum absolute atomic E-state index is 11.8. The molecule has 0 saturated carbocycles. The van der Waals surface area contributed by atoms with Gasteiger partial charge in [-0.25, -0.2) is 12.7 Å². The van der Waals surface area contributed by atoms with Crippen LogP contribution in [0, 0.1) is 11.8 Å². The van der Waals surface area contributed by atoms with E-state index in [0.717, 1.165) is 0 Å². The highest BCUT2D eigenvalue weighted by molar-refractivity contribution is 7.89. The zero-order valence-electron chi connectivity index (χ0n) is 9.42. The number of rotatable bonds is 5. The van der Waals surface area contributed by atoms with Gasteiger partial charge in [-0.05, 0) is 5.92 Å². The van der Waals surface area contributed by atoms with Crippen molar-refractivity contribution in [1.29, 1.82) is 0 Å². The summed E-state index contributed by atoms with van der Waals surface area (Å²) in [7, 11) is -1.94. The molecule has 0 radical (unpaired) electrons. The fourth-order valence-corrected chi connectivity index (χ4v) is 3.27. The number of ether oxygens (including phenoxy) is 1. The van der Waals surface area contributed by atoms with Crippen LogP contribution in [0.1, 0.15) is 6.92 Å². The fraction of sp³-hybridized carbons (Fsp3) is 0.889. The number of carbonyl (C=O) groups is 1. The number of carboxylic acids is 1. The van der Waals surface area contributed by atoms with Crippen LogP contribution in [0.4, 0.5) is 0 Å². The fourth-order valence-electron chi connectivity index (χ4n) is 1.79. The zero-order chi connectivity index (χ0) is 12.3. The van der Waals surface area contributed by atoms with Gasteiger partial charge in [0.05, 0.1) is 18.3 Å². The van der Waals surface area contributed by atoms with E-state index in [0.29, 0.717) is 0 Å². The monoisotopic (exact) mass is 251 g/mol. The molecular weight excluding hydrogens is 234 g/mol. The third kappa shape index (κ3) is 2.93. The van der Waals surface area contributed by atoms with Gasteiger partial charge in [-0.1, -0.05) is 6.92 Å². The summed E-state index contributed by atoms with van der Waals surface area (Å²) in [6.45, 7) is 2.24. The van der Waals surface area contributed by atoms with E-state index in [2.05, 4.69) is 0 Å². The molecule has 1 N–H and O–H groups in total. The van der Waals surface area contributed by atoms with E-state index in [1.165, 1.54) is 11.4 Å². The molecule has 7 heteroatoms. The van der Waals surface area contributed by atoms with E-state index in [9.17, 15) is 13.2 Å². The van der Waals surface area contributed by atoms with Crippen LogP contribution in [-0.2, 0) is 19.6 Å². The maximum atomic E-state index is 11.8. The lowest BCUT2D eigenvalue weighted by Crippen LogP contribution is -2.33. The average Bonchev–Trinajstić information content (AvgIpc) is 2.58. The summed E-state index contributed by atoms with van der Waals surface area (Å²) in [4.78, 5) is 10.9. The molecule has 1 aliphatic rings. The van der Waals surface area contributed by atoms with Crippen molar-refractivity contribution in [3.63, 3.8) is 0 Å². The van der Waals surface area contributed by atoms with E-state index in [1.54, 1.807) is 6.92 Å². The number of sulfonamides is 1. The average molecular weight is 251 g/mol. The number of nitrogens with zero attached hydrogens (tertiary/aromatic N) is 1. The van der Waals surface area contributed by atoms with Gasteiger partial charge >= 0.3 is 5.97 Å². The molecule has 0 aromatic heterocycles. The molecule has 0 amide bonds. The van der Waals surface area contributed by atoms with Crippen LogP contribution in [-0.4, -0.2) is 56.4 Å². The third-order valence-corrected chi connectivity index (χ3v) is 4.60. The summed E-state index contributed by atoms with van der Waals surface area (Å²) in [6, 6.07) is 0. The second-order valence-electron chi connectivity index (χ2n) is 4.05. The van der Waals surface area contributed by atoms with Crippen molar-refractivity contribution in [2.24, 2.45) is 11.8 Å². The predicted molar refractivity (Wildman–Crippen MR) is 57.5 cm³/mol. The summed E-state index contributed by atoms with van der Waals surface area (Å²) in [5.41, 5.74) is 0. The lowest BCUT2D eigenvalue weighted by molar-refractivity contribution is -0.142. The first-order valence-electron chi connectivity index (χ1n) is 5.08. The number of aliphatic carboxylic acids is 1. The highest BCUT2D eigenvalue weighted by Crippen LogP contribution is 2.25. The smallest absolute Gasteiger partial charge is 0.308 e. The lowest BCUT2D eigenvalue weighted by atomic mass is 9.99. The molecule has 1 fully saturated rings. The molecule has 0 spiro atoms. The van der Waals surface area contributed by atoms with E-state index < -0.39 is 21.9 Å². The van der Waals surface area contributed by atoms with Gasteiger partial charge in [0.1, 0.15) is 0 Å². The first-order valence-corrected chi connectivity index (χ1v) is 6.69. The predicted octanol–water partition coefficient (Wildman–Crippen LogP) is -0.385. The first-order chi connectivity index (χ1) is 7.38. The molecule has 0 aromatic carbocycles. The van der Waals surface area contributed by atoms with Crippen molar-refractivity contribution in [2.75, 3.05) is 32.6 Å². The molecule has 1 aliphatic heterocycles. The highest BCUT2D eigenvalue weighted by atomic mass is 32.2. The topological polar surface area (TPSA) is 83.9 Å². The van der Waals surface area contributed by atoms with Gasteiger partial charge in [0, 0.05) is 20.2 Å². The molecule has 6 nitrogen and oxygen atoms in total. The van der Waals surface area contributed by atoms with Gasteiger partial charge in [-0.2, -0.15) is 0 Å². The molecular formula is C9H17NO5S. The Morgan fingerprint density at radius 3 is 2.56 bits per heavy atom. The summed E-state index contributed by atoms with van der Waals surface area (Å²) < 4.78 is 29.5. The summed E-state index contributed by atoms with van der Waals surface area (Å²) >= 11 is 0. The van der Waals surface area contributed by atoms with Crippen molar-refractivity contribution < 1.29 is 23.1 Å². The minimum absolute atomic E-state index is 0.0720. The van der Waals surface area contributed by atoms with Crippen molar-refractivity contribution in [3.8, 4) is 0 Å². The van der Waals surface area contributed by atoms with E-state index >= 15 is 0 Å². The van der Waals surface area contributed by atoms with Crippen molar-refractivity contribution in [3.05, 3.63) is 0 Å². The molecule has 0 bridgehead atoms. The van der Waals surface area contributed by atoms with E-state index in [-0.39, 0.29) is 31.4 Å². The van der Waals surface area contributed by atoms with Gasteiger partial charge in [0.25, 0.3) is 0 Å². The minimum Gasteiger partial charge on any atom is -0.481 e. The molecule has 0 aliphatic carbocycles. The quantitative estimate of drug-likeness (QED) is 0.719. The van der Waals surface area contributed by atoms with Crippen LogP contribution < -0.4 is 0 Å². The van der Waals surface area contributed by atoms with Gasteiger partial charge in [0.15, 0.2) is 0 Å². The second kappa shape index (κ2) is 5.11. The molecule has 1 rings (SSSR count). The Kier molecular flexibility index (Phi) is 4.28. The van der Waals surface area contributed by atoms with Crippen LogP contribution in [0.25, 0.3) is 0 Å². The Labute approximate surface area is 95.2 Å². The first kappa shape index (κ1) is 13.4. The third-order valence-electron chi connectivity index (χ3n) is 2.83. The number of carboxylic acid groups (broad SMARTS) is 1. The molecule has 16 heavy (non-hydrogen) atoms. The van der Waals surface area contributed by atoms with Crippen LogP contribution >= 0.6 is 0 Å². The largest absolute Gasteiger partial charge is 0.481 e. The van der Waals surface area contributed by atoms with Crippen LogP contribution in [0.15, 0.2) is 0 Å². The SMILES string of the molecule is COCCS(=O)(=O)N1C[C@@H](C)[C@H](C(=O)O)C1. The second-order valence-corrected chi connectivity index (χ2v) is 6.14. The molecule has 0 unspecified atom stereocenters. The minimum atomic E-state index is -3.38. The normalized spacial score (nSPS) is 27.1. The summed E-state index contributed by atoms with van der Waals surface area (Å²) in [5.74, 6) is -1.77. The Morgan fingerprint density at radius 1 is 1.50 bits per heavy atom. The standard InChI is InChI=1S/C9H17NO5S/c1-7-5-10(6-8(7)9(11)12)16(13,14)4-3-15-2/h7-8H,3-6H2,1-2H3,(H,11,12)/t7-,8-/m1/s1. The van der Waals surface area contributed by atoms with Crippen molar-refractivity contribution >= 4 is 16.0 Å². The van der Waals surface area contributed by atoms with Gasteiger partial charge < -0.3 is 9.84 Å². The summed E-state index contributed by atoms with van der Waals surface area (Å²) in [5, 5.41) is 8.90. The Balaban J connectivity index is 2.67. The van der Waals surface area contributed by atoms with Crippen molar-refractivity contribution in [2.45, 2.75) is 6.92 Å². The maximum Gasteiger partial charge on any atom is 0.308 e. The van der Waals surface area contributed by atoms with E-state index in [4.69, 9.17) is 9.84 Å². The Morgan fingerprint density at radius 2 is 2.12 bits per heavy atom. The Hall–Kier alpha value is -0.660. The van der Waals surface area contributed by atoms with E-state index in [1.807, 2.05) is 0 Å². The highest BCUT2D eigenvalue weighted by Gasteiger charge is 2.39. The van der Waals surface area contributed by atoms with Crippen molar-refractivity contribution in [1.82, 2.24) is 4.31 Å². The van der Waals surface area contributed by atoms with Gasteiger partial charge in [0.2, 0.25) is 10.0 Å². The molecule has 2 atom stereocenters. The van der Waals surface area contributed by atoms with Gasteiger partial charge in [-0.3, -0.25) is 4.79 Å². The molecule has 0 aromatic rings. The molecule has 94 valence electrons. The molecule has 1 heterocycles.